The molecule has 118 valence electrons. The standard InChI is InChI=1S/C17H33NO2/c1-2-3-4-5-6-7-8-10-13-18-14-11-9-12-16(18)15-17(19)20/h16H,2-15H2,1H3,(H,19,20). The summed E-state index contributed by atoms with van der Waals surface area (Å²) in [7, 11) is 0. The van der Waals surface area contributed by atoms with Gasteiger partial charge in [-0.15, -0.1) is 0 Å². The van der Waals surface area contributed by atoms with Crippen LogP contribution in [0.1, 0.15) is 84.0 Å². The lowest BCUT2D eigenvalue weighted by molar-refractivity contribution is -0.138. The summed E-state index contributed by atoms with van der Waals surface area (Å²) in [5.41, 5.74) is 0. The minimum atomic E-state index is -0.641. The maximum Gasteiger partial charge on any atom is 0.304 e. The van der Waals surface area contributed by atoms with Crippen LogP contribution in [0.5, 0.6) is 0 Å². The first kappa shape index (κ1) is 17.5. The molecule has 3 heteroatoms. The van der Waals surface area contributed by atoms with E-state index in [1.807, 2.05) is 0 Å². The molecule has 1 unspecified atom stereocenters. The molecule has 0 aromatic carbocycles. The van der Waals surface area contributed by atoms with E-state index in [2.05, 4.69) is 11.8 Å². The highest BCUT2D eigenvalue weighted by molar-refractivity contribution is 5.67. The van der Waals surface area contributed by atoms with E-state index in [-0.39, 0.29) is 0 Å². The molecule has 20 heavy (non-hydrogen) atoms. The summed E-state index contributed by atoms with van der Waals surface area (Å²) >= 11 is 0. The summed E-state index contributed by atoms with van der Waals surface area (Å²) in [6, 6.07) is 0.297. The Morgan fingerprint density at radius 2 is 1.70 bits per heavy atom. The normalized spacial score (nSPS) is 20.1. The number of carbonyl (C=O) groups is 1. The van der Waals surface area contributed by atoms with Crippen LogP contribution >= 0.6 is 0 Å². The van der Waals surface area contributed by atoms with Gasteiger partial charge >= 0.3 is 5.97 Å². The van der Waals surface area contributed by atoms with Gasteiger partial charge in [-0.25, -0.2) is 0 Å². The fourth-order valence-corrected chi connectivity index (χ4v) is 3.24. The monoisotopic (exact) mass is 283 g/mol. The molecule has 0 bridgehead atoms. The molecule has 1 heterocycles. The van der Waals surface area contributed by atoms with Gasteiger partial charge in [0, 0.05) is 6.04 Å². The van der Waals surface area contributed by atoms with Gasteiger partial charge in [0.1, 0.15) is 0 Å². The minimum Gasteiger partial charge on any atom is -0.481 e. The smallest absolute Gasteiger partial charge is 0.304 e. The number of hydrogen-bond acceptors (Lipinski definition) is 2. The molecule has 1 atom stereocenters. The molecular formula is C17H33NO2. The first-order chi connectivity index (χ1) is 9.74. The van der Waals surface area contributed by atoms with Gasteiger partial charge < -0.3 is 5.11 Å². The van der Waals surface area contributed by atoms with Crippen molar-refractivity contribution >= 4 is 5.97 Å². The second-order valence-corrected chi connectivity index (χ2v) is 6.26. The highest BCUT2D eigenvalue weighted by Crippen LogP contribution is 2.20. The summed E-state index contributed by atoms with van der Waals surface area (Å²) in [6.45, 7) is 4.47. The van der Waals surface area contributed by atoms with Crippen LogP contribution in [0.15, 0.2) is 0 Å². The summed E-state index contributed by atoms with van der Waals surface area (Å²) in [5, 5.41) is 8.97. The Balaban J connectivity index is 2.05. The van der Waals surface area contributed by atoms with Gasteiger partial charge in [0.05, 0.1) is 6.42 Å². The second kappa shape index (κ2) is 11.1. The van der Waals surface area contributed by atoms with Crippen LogP contribution in [0.2, 0.25) is 0 Å². The van der Waals surface area contributed by atoms with E-state index in [1.54, 1.807) is 0 Å². The zero-order valence-electron chi connectivity index (χ0n) is 13.3. The molecule has 1 rings (SSSR count). The number of likely N-dealkylation sites (tertiary alicyclic amines) is 1. The molecule has 0 amide bonds. The van der Waals surface area contributed by atoms with Gasteiger partial charge in [-0.1, -0.05) is 58.3 Å². The van der Waals surface area contributed by atoms with E-state index in [9.17, 15) is 4.79 Å². The Morgan fingerprint density at radius 3 is 2.35 bits per heavy atom. The van der Waals surface area contributed by atoms with Gasteiger partial charge in [-0.05, 0) is 32.4 Å². The summed E-state index contributed by atoms with van der Waals surface area (Å²) in [6.07, 6.45) is 14.6. The second-order valence-electron chi connectivity index (χ2n) is 6.26. The zero-order valence-corrected chi connectivity index (χ0v) is 13.3. The van der Waals surface area contributed by atoms with Gasteiger partial charge in [-0.2, -0.15) is 0 Å². The number of hydrogen-bond donors (Lipinski definition) is 1. The third-order valence-corrected chi connectivity index (χ3v) is 4.46. The Hall–Kier alpha value is -0.570. The molecule has 0 aliphatic carbocycles. The lowest BCUT2D eigenvalue weighted by Crippen LogP contribution is -2.41. The highest BCUT2D eigenvalue weighted by atomic mass is 16.4. The fourth-order valence-electron chi connectivity index (χ4n) is 3.24. The van der Waals surface area contributed by atoms with Gasteiger partial charge in [0.25, 0.3) is 0 Å². The Labute approximate surface area is 124 Å². The van der Waals surface area contributed by atoms with Crippen LogP contribution in [-0.2, 0) is 4.79 Å². The molecule has 1 saturated heterocycles. The Kier molecular flexibility index (Phi) is 9.73. The summed E-state index contributed by atoms with van der Waals surface area (Å²) in [4.78, 5) is 13.3. The van der Waals surface area contributed by atoms with E-state index in [0.29, 0.717) is 12.5 Å². The predicted molar refractivity (Wildman–Crippen MR) is 84.1 cm³/mol. The first-order valence-electron chi connectivity index (χ1n) is 8.70. The average Bonchev–Trinajstić information content (AvgIpc) is 2.43. The molecule has 1 aliphatic heterocycles. The largest absolute Gasteiger partial charge is 0.481 e. The van der Waals surface area contributed by atoms with E-state index < -0.39 is 5.97 Å². The molecule has 3 nitrogen and oxygen atoms in total. The SMILES string of the molecule is CCCCCCCCCCN1CCCCC1CC(=O)O. The van der Waals surface area contributed by atoms with Crippen molar-refractivity contribution in [3.63, 3.8) is 0 Å². The molecule has 1 N–H and O–H groups in total. The quantitative estimate of drug-likeness (QED) is 0.569. The predicted octanol–water partition coefficient (Wildman–Crippen LogP) is 4.46. The number of carboxylic acid groups (broad SMARTS) is 1. The minimum absolute atomic E-state index is 0.297. The Bertz CT molecular complexity index is 255. The van der Waals surface area contributed by atoms with Crippen LogP contribution in [0.3, 0.4) is 0 Å². The van der Waals surface area contributed by atoms with Gasteiger partial charge in [-0.3, -0.25) is 9.69 Å². The molecule has 0 aromatic heterocycles. The summed E-state index contributed by atoms with van der Waals surface area (Å²) in [5.74, 6) is -0.641. The maximum absolute atomic E-state index is 10.9. The molecule has 0 radical (unpaired) electrons. The fraction of sp³-hybridized carbons (Fsp3) is 0.941. The van der Waals surface area contributed by atoms with Crippen LogP contribution < -0.4 is 0 Å². The van der Waals surface area contributed by atoms with Crippen LogP contribution in [0.25, 0.3) is 0 Å². The topological polar surface area (TPSA) is 40.5 Å². The van der Waals surface area contributed by atoms with Crippen molar-refractivity contribution in [3.8, 4) is 0 Å². The lowest BCUT2D eigenvalue weighted by atomic mass is 9.98. The number of nitrogens with zero attached hydrogens (tertiary/aromatic N) is 1. The molecular weight excluding hydrogens is 250 g/mol. The number of piperidine rings is 1. The van der Waals surface area contributed by atoms with E-state index in [1.165, 1.54) is 64.2 Å². The molecule has 1 fully saturated rings. The number of unbranched alkanes of at least 4 members (excludes halogenated alkanes) is 7. The molecule has 0 spiro atoms. The Morgan fingerprint density at radius 1 is 1.05 bits per heavy atom. The number of carboxylic acids is 1. The van der Waals surface area contributed by atoms with Crippen molar-refractivity contribution < 1.29 is 9.90 Å². The van der Waals surface area contributed by atoms with E-state index >= 15 is 0 Å². The van der Waals surface area contributed by atoms with Gasteiger partial charge in [0.15, 0.2) is 0 Å². The van der Waals surface area contributed by atoms with Crippen molar-refractivity contribution in [1.82, 2.24) is 4.90 Å². The number of aliphatic carboxylic acids is 1. The van der Waals surface area contributed by atoms with E-state index in [4.69, 9.17) is 5.11 Å². The van der Waals surface area contributed by atoms with E-state index in [0.717, 1.165) is 19.5 Å². The van der Waals surface area contributed by atoms with Crippen molar-refractivity contribution in [2.24, 2.45) is 0 Å². The van der Waals surface area contributed by atoms with Crippen molar-refractivity contribution in [2.75, 3.05) is 13.1 Å². The maximum atomic E-state index is 10.9. The molecule has 0 aromatic rings. The number of rotatable bonds is 11. The van der Waals surface area contributed by atoms with Crippen molar-refractivity contribution in [1.29, 1.82) is 0 Å². The van der Waals surface area contributed by atoms with Crippen molar-refractivity contribution in [2.45, 2.75) is 90.0 Å². The third-order valence-electron chi connectivity index (χ3n) is 4.46. The van der Waals surface area contributed by atoms with Crippen LogP contribution in [-0.4, -0.2) is 35.1 Å². The molecule has 0 saturated carbocycles. The van der Waals surface area contributed by atoms with Crippen molar-refractivity contribution in [3.05, 3.63) is 0 Å². The third kappa shape index (κ3) is 7.88. The highest BCUT2D eigenvalue weighted by Gasteiger charge is 2.23. The van der Waals surface area contributed by atoms with Gasteiger partial charge in [0.2, 0.25) is 0 Å². The molecule has 1 aliphatic rings. The van der Waals surface area contributed by atoms with Crippen LogP contribution in [0.4, 0.5) is 0 Å². The lowest BCUT2D eigenvalue weighted by Gasteiger charge is -2.34. The first-order valence-corrected chi connectivity index (χ1v) is 8.70. The zero-order chi connectivity index (χ0) is 14.6. The average molecular weight is 283 g/mol. The van der Waals surface area contributed by atoms with Crippen LogP contribution in [0, 0.1) is 0 Å². The summed E-state index contributed by atoms with van der Waals surface area (Å²) < 4.78 is 0.